The van der Waals surface area contributed by atoms with Crippen molar-refractivity contribution in [2.45, 2.75) is 63.1 Å². The highest BCUT2D eigenvalue weighted by Gasteiger charge is 2.31. The Morgan fingerprint density at radius 2 is 1.88 bits per heavy atom. The largest absolute Gasteiger partial charge is 0.376 e. The van der Waals surface area contributed by atoms with Gasteiger partial charge < -0.3 is 15.4 Å². The molecule has 26 heavy (non-hydrogen) atoms. The van der Waals surface area contributed by atoms with E-state index in [2.05, 4.69) is 0 Å². The van der Waals surface area contributed by atoms with E-state index < -0.39 is 23.5 Å². The molecule has 144 valence electrons. The molecule has 1 aromatic rings. The summed E-state index contributed by atoms with van der Waals surface area (Å²) in [5, 5.41) is 0. The van der Waals surface area contributed by atoms with Crippen molar-refractivity contribution in [3.8, 4) is 0 Å². The molecule has 1 heterocycles. The first kappa shape index (κ1) is 19.2. The molecule has 0 radical (unpaired) electrons. The van der Waals surface area contributed by atoms with Crippen molar-refractivity contribution in [2.24, 2.45) is 5.73 Å². The standard InChI is InChI=1S/C19H25F3N2O2/c20-16-10-18(22)17(21)8-12(16)7-13(23)9-19(25)24-6-2-3-14(24)11-26-15-4-1-5-15/h8,10,13-15H,1-7,9,11,23H2/t13-,14?/m1/s1. The molecule has 7 heteroatoms. The summed E-state index contributed by atoms with van der Waals surface area (Å²) in [7, 11) is 0. The van der Waals surface area contributed by atoms with Crippen LogP contribution in [0.5, 0.6) is 0 Å². The Kier molecular flexibility index (Phi) is 6.19. The van der Waals surface area contributed by atoms with E-state index in [1.807, 2.05) is 0 Å². The molecule has 1 aliphatic carbocycles. The van der Waals surface area contributed by atoms with Gasteiger partial charge >= 0.3 is 0 Å². The predicted octanol–water partition coefficient (Wildman–Crippen LogP) is 2.92. The zero-order valence-corrected chi connectivity index (χ0v) is 14.7. The first-order valence-electron chi connectivity index (χ1n) is 9.24. The van der Waals surface area contributed by atoms with Crippen LogP contribution in [0.1, 0.15) is 44.1 Å². The highest BCUT2D eigenvalue weighted by molar-refractivity contribution is 5.77. The molecular formula is C19H25F3N2O2. The lowest BCUT2D eigenvalue weighted by molar-refractivity contribution is -0.134. The maximum atomic E-state index is 13.7. The SMILES string of the molecule is N[C@@H](CC(=O)N1CCCC1COC1CCC1)Cc1cc(F)c(F)cc1F. The molecule has 2 N–H and O–H groups in total. The van der Waals surface area contributed by atoms with Gasteiger partial charge in [-0.2, -0.15) is 0 Å². The molecule has 2 atom stereocenters. The fraction of sp³-hybridized carbons (Fsp3) is 0.632. The molecule has 1 saturated carbocycles. The van der Waals surface area contributed by atoms with E-state index in [0.29, 0.717) is 25.3 Å². The van der Waals surface area contributed by atoms with E-state index in [9.17, 15) is 18.0 Å². The maximum absolute atomic E-state index is 13.7. The molecule has 0 aromatic heterocycles. The van der Waals surface area contributed by atoms with Crippen molar-refractivity contribution in [3.63, 3.8) is 0 Å². The number of hydrogen-bond donors (Lipinski definition) is 1. The number of hydrogen-bond acceptors (Lipinski definition) is 3. The summed E-state index contributed by atoms with van der Waals surface area (Å²) in [6, 6.07) is 0.721. The van der Waals surface area contributed by atoms with E-state index in [-0.39, 0.29) is 30.4 Å². The molecule has 3 rings (SSSR count). The van der Waals surface area contributed by atoms with Crippen LogP contribution in [0.4, 0.5) is 13.2 Å². The van der Waals surface area contributed by atoms with Gasteiger partial charge in [-0.05, 0) is 50.2 Å². The van der Waals surface area contributed by atoms with Gasteiger partial charge in [0, 0.05) is 25.1 Å². The summed E-state index contributed by atoms with van der Waals surface area (Å²) in [6.07, 6.45) is 5.56. The van der Waals surface area contributed by atoms with E-state index in [1.54, 1.807) is 4.90 Å². The Balaban J connectivity index is 1.52. The Morgan fingerprint density at radius 1 is 1.15 bits per heavy atom. The highest BCUT2D eigenvalue weighted by atomic mass is 19.2. The summed E-state index contributed by atoms with van der Waals surface area (Å²) < 4.78 is 45.8. The number of carbonyl (C=O) groups excluding carboxylic acids is 1. The smallest absolute Gasteiger partial charge is 0.224 e. The highest BCUT2D eigenvalue weighted by Crippen LogP contribution is 2.25. The number of nitrogens with two attached hydrogens (primary N) is 1. The number of rotatable bonds is 7. The lowest BCUT2D eigenvalue weighted by atomic mass is 9.96. The fourth-order valence-corrected chi connectivity index (χ4v) is 3.54. The van der Waals surface area contributed by atoms with Crippen molar-refractivity contribution < 1.29 is 22.7 Å². The summed E-state index contributed by atoms with van der Waals surface area (Å²) in [5.41, 5.74) is 5.95. The van der Waals surface area contributed by atoms with Crippen LogP contribution in [0, 0.1) is 17.5 Å². The Bertz CT molecular complexity index is 652. The topological polar surface area (TPSA) is 55.6 Å². The Labute approximate surface area is 151 Å². The van der Waals surface area contributed by atoms with Crippen molar-refractivity contribution in [3.05, 3.63) is 35.1 Å². The third-order valence-electron chi connectivity index (χ3n) is 5.28. The number of benzene rings is 1. The van der Waals surface area contributed by atoms with E-state index in [0.717, 1.165) is 31.7 Å². The molecular weight excluding hydrogens is 345 g/mol. The second-order valence-corrected chi connectivity index (χ2v) is 7.30. The van der Waals surface area contributed by atoms with Crippen molar-refractivity contribution in [2.75, 3.05) is 13.2 Å². The van der Waals surface area contributed by atoms with Crippen molar-refractivity contribution in [1.29, 1.82) is 0 Å². The molecule has 1 saturated heterocycles. The number of amides is 1. The summed E-state index contributed by atoms with van der Waals surface area (Å²) >= 11 is 0. The van der Waals surface area contributed by atoms with Gasteiger partial charge in [-0.1, -0.05) is 0 Å². The second kappa shape index (κ2) is 8.39. The van der Waals surface area contributed by atoms with Crippen LogP contribution in [0.3, 0.4) is 0 Å². The molecule has 1 aromatic carbocycles. The maximum Gasteiger partial charge on any atom is 0.224 e. The lowest BCUT2D eigenvalue weighted by Crippen LogP contribution is -2.42. The molecule has 1 unspecified atom stereocenters. The van der Waals surface area contributed by atoms with Crippen LogP contribution in [-0.2, 0) is 16.0 Å². The average molecular weight is 370 g/mol. The summed E-state index contributed by atoms with van der Waals surface area (Å²) in [4.78, 5) is 14.3. The van der Waals surface area contributed by atoms with Crippen LogP contribution in [0.15, 0.2) is 12.1 Å². The minimum absolute atomic E-state index is 0.0181. The third kappa shape index (κ3) is 4.57. The van der Waals surface area contributed by atoms with Crippen LogP contribution in [0.2, 0.25) is 0 Å². The number of carbonyl (C=O) groups is 1. The minimum atomic E-state index is -1.23. The number of nitrogens with zero attached hydrogens (tertiary/aromatic N) is 1. The summed E-state index contributed by atoms with van der Waals surface area (Å²) in [5.74, 6) is -3.30. The van der Waals surface area contributed by atoms with E-state index in [4.69, 9.17) is 10.5 Å². The number of likely N-dealkylation sites (tertiary alicyclic amines) is 1. The van der Waals surface area contributed by atoms with Gasteiger partial charge in [-0.25, -0.2) is 13.2 Å². The third-order valence-corrected chi connectivity index (χ3v) is 5.28. The quantitative estimate of drug-likeness (QED) is 0.751. The monoisotopic (exact) mass is 370 g/mol. The van der Waals surface area contributed by atoms with Gasteiger partial charge in [0.05, 0.1) is 18.8 Å². The molecule has 2 fully saturated rings. The molecule has 1 aliphatic heterocycles. The van der Waals surface area contributed by atoms with Crippen molar-refractivity contribution in [1.82, 2.24) is 4.90 Å². The zero-order valence-electron chi connectivity index (χ0n) is 14.7. The predicted molar refractivity (Wildman–Crippen MR) is 90.9 cm³/mol. The normalized spacial score (nSPS) is 21.7. The van der Waals surface area contributed by atoms with Crippen LogP contribution < -0.4 is 5.73 Å². The van der Waals surface area contributed by atoms with Gasteiger partial charge in [-0.3, -0.25) is 4.79 Å². The number of ether oxygens (including phenoxy) is 1. The zero-order chi connectivity index (χ0) is 18.7. The Morgan fingerprint density at radius 3 is 2.58 bits per heavy atom. The van der Waals surface area contributed by atoms with Gasteiger partial charge in [0.1, 0.15) is 5.82 Å². The molecule has 4 nitrogen and oxygen atoms in total. The molecule has 0 bridgehead atoms. The Hall–Kier alpha value is -1.60. The first-order valence-corrected chi connectivity index (χ1v) is 9.24. The van der Waals surface area contributed by atoms with Crippen molar-refractivity contribution >= 4 is 5.91 Å². The van der Waals surface area contributed by atoms with Gasteiger partial charge in [-0.15, -0.1) is 0 Å². The van der Waals surface area contributed by atoms with Crippen LogP contribution >= 0.6 is 0 Å². The fourth-order valence-electron chi connectivity index (χ4n) is 3.54. The van der Waals surface area contributed by atoms with E-state index >= 15 is 0 Å². The van der Waals surface area contributed by atoms with Gasteiger partial charge in [0.15, 0.2) is 11.6 Å². The van der Waals surface area contributed by atoms with Crippen LogP contribution in [0.25, 0.3) is 0 Å². The first-order chi connectivity index (χ1) is 12.4. The molecule has 2 aliphatic rings. The van der Waals surface area contributed by atoms with E-state index in [1.165, 1.54) is 6.42 Å². The average Bonchev–Trinajstić information content (AvgIpc) is 2.99. The lowest BCUT2D eigenvalue weighted by Gasteiger charge is -2.30. The molecule has 1 amide bonds. The number of halogens is 3. The van der Waals surface area contributed by atoms with Crippen LogP contribution in [-0.4, -0.2) is 42.1 Å². The van der Waals surface area contributed by atoms with Gasteiger partial charge in [0.25, 0.3) is 0 Å². The second-order valence-electron chi connectivity index (χ2n) is 7.30. The minimum Gasteiger partial charge on any atom is -0.376 e. The molecule has 0 spiro atoms. The summed E-state index contributed by atoms with van der Waals surface area (Å²) in [6.45, 7) is 1.22. The van der Waals surface area contributed by atoms with Gasteiger partial charge in [0.2, 0.25) is 5.91 Å².